The molecular weight excluding hydrogens is 290 g/mol. The van der Waals surface area contributed by atoms with Crippen LogP contribution < -0.4 is 5.32 Å². The van der Waals surface area contributed by atoms with Crippen LogP contribution in [-0.4, -0.2) is 25.5 Å². The molecule has 23 heavy (non-hydrogen) atoms. The maximum Gasteiger partial charge on any atom is 0.250 e. The van der Waals surface area contributed by atoms with Crippen molar-refractivity contribution in [3.8, 4) is 0 Å². The van der Waals surface area contributed by atoms with Crippen LogP contribution in [0.25, 0.3) is 0 Å². The lowest BCUT2D eigenvalue weighted by Crippen LogP contribution is -2.25. The van der Waals surface area contributed by atoms with Gasteiger partial charge in [0.15, 0.2) is 0 Å². The van der Waals surface area contributed by atoms with Gasteiger partial charge in [0.2, 0.25) is 5.91 Å². The van der Waals surface area contributed by atoms with E-state index in [0.29, 0.717) is 12.4 Å². The Kier molecular flexibility index (Phi) is 4.23. The average molecular weight is 309 g/mol. The number of hydrogen-bond donors (Lipinski definition) is 1. The van der Waals surface area contributed by atoms with E-state index in [9.17, 15) is 4.79 Å². The topological polar surface area (TPSA) is 64.7 Å². The van der Waals surface area contributed by atoms with E-state index < -0.39 is 0 Å². The minimum Gasteiger partial charge on any atom is -0.309 e. The fourth-order valence-electron chi connectivity index (χ4n) is 2.38. The van der Waals surface area contributed by atoms with E-state index in [0.717, 1.165) is 11.3 Å². The molecule has 1 unspecified atom stereocenters. The van der Waals surface area contributed by atoms with Crippen molar-refractivity contribution in [3.05, 3.63) is 66.1 Å². The number of nitrogens with zero attached hydrogens (tertiary/aromatic N) is 4. The number of nitrogens with one attached hydrogen (secondary N) is 1. The van der Waals surface area contributed by atoms with E-state index in [4.69, 9.17) is 0 Å². The Labute approximate surface area is 134 Å². The van der Waals surface area contributed by atoms with Crippen LogP contribution in [-0.2, 0) is 11.3 Å². The van der Waals surface area contributed by atoms with Crippen LogP contribution in [0, 0.1) is 6.92 Å². The van der Waals surface area contributed by atoms with Crippen molar-refractivity contribution >= 4 is 11.7 Å². The van der Waals surface area contributed by atoms with Gasteiger partial charge in [-0.1, -0.05) is 30.3 Å². The molecule has 0 aliphatic heterocycles. The molecule has 1 amide bonds. The van der Waals surface area contributed by atoms with Gasteiger partial charge in [-0.05, 0) is 25.5 Å². The first-order valence-electron chi connectivity index (χ1n) is 7.52. The van der Waals surface area contributed by atoms with Gasteiger partial charge >= 0.3 is 0 Å². The molecule has 3 rings (SSSR count). The maximum absolute atomic E-state index is 12.4. The molecule has 3 aromatic rings. The first-order valence-corrected chi connectivity index (χ1v) is 7.52. The van der Waals surface area contributed by atoms with Crippen LogP contribution in [0.5, 0.6) is 0 Å². The summed E-state index contributed by atoms with van der Waals surface area (Å²) in [6.07, 6.45) is 3.43. The molecule has 0 aliphatic rings. The molecule has 6 heteroatoms. The van der Waals surface area contributed by atoms with Crippen LogP contribution >= 0.6 is 0 Å². The third-order valence-electron chi connectivity index (χ3n) is 3.63. The van der Waals surface area contributed by atoms with Crippen LogP contribution in [0.15, 0.2) is 54.9 Å². The fraction of sp³-hybridized carbons (Fsp3) is 0.235. The molecule has 0 saturated carbocycles. The standard InChI is InChI=1S/C17H19N5O/c1-13-11-16(19-17(23)14(2)21-10-6-9-18-21)22(20-13)12-15-7-4-3-5-8-15/h3-11,14H,12H2,1-2H3,(H,19,23). The highest BCUT2D eigenvalue weighted by atomic mass is 16.2. The number of hydrogen-bond acceptors (Lipinski definition) is 3. The Morgan fingerprint density at radius 1 is 1.26 bits per heavy atom. The summed E-state index contributed by atoms with van der Waals surface area (Å²) in [7, 11) is 0. The van der Waals surface area contributed by atoms with Gasteiger partial charge in [-0.15, -0.1) is 0 Å². The van der Waals surface area contributed by atoms with Gasteiger partial charge in [-0.3, -0.25) is 9.48 Å². The second kappa shape index (κ2) is 6.48. The molecule has 0 bridgehead atoms. The molecule has 118 valence electrons. The van der Waals surface area contributed by atoms with Crippen LogP contribution in [0.4, 0.5) is 5.82 Å². The predicted molar refractivity (Wildman–Crippen MR) is 88.1 cm³/mol. The summed E-state index contributed by atoms with van der Waals surface area (Å²) in [5.74, 6) is 0.568. The third-order valence-corrected chi connectivity index (χ3v) is 3.63. The minimum atomic E-state index is -0.384. The molecule has 2 heterocycles. The highest BCUT2D eigenvalue weighted by Crippen LogP contribution is 2.15. The van der Waals surface area contributed by atoms with Crippen molar-refractivity contribution in [2.45, 2.75) is 26.4 Å². The lowest BCUT2D eigenvalue weighted by Gasteiger charge is -2.14. The monoisotopic (exact) mass is 309 g/mol. The number of carbonyl (C=O) groups excluding carboxylic acids is 1. The van der Waals surface area contributed by atoms with Crippen molar-refractivity contribution in [1.29, 1.82) is 0 Å². The Morgan fingerprint density at radius 3 is 2.74 bits per heavy atom. The smallest absolute Gasteiger partial charge is 0.250 e. The normalized spacial score (nSPS) is 12.1. The van der Waals surface area contributed by atoms with Crippen molar-refractivity contribution in [3.63, 3.8) is 0 Å². The molecule has 6 nitrogen and oxygen atoms in total. The molecule has 1 atom stereocenters. The first-order chi connectivity index (χ1) is 11.1. The highest BCUT2D eigenvalue weighted by Gasteiger charge is 2.17. The zero-order valence-corrected chi connectivity index (χ0v) is 13.2. The minimum absolute atomic E-state index is 0.122. The molecular formula is C17H19N5O. The van der Waals surface area contributed by atoms with Crippen molar-refractivity contribution in [2.75, 3.05) is 5.32 Å². The summed E-state index contributed by atoms with van der Waals surface area (Å²) < 4.78 is 3.43. The summed E-state index contributed by atoms with van der Waals surface area (Å²) in [6.45, 7) is 4.33. The fourth-order valence-corrected chi connectivity index (χ4v) is 2.38. The van der Waals surface area contributed by atoms with Gasteiger partial charge in [0, 0.05) is 18.5 Å². The Morgan fingerprint density at radius 2 is 2.04 bits per heavy atom. The molecule has 0 spiro atoms. The number of anilines is 1. The molecule has 2 aromatic heterocycles. The molecule has 0 saturated heterocycles. The van der Waals surface area contributed by atoms with E-state index >= 15 is 0 Å². The quantitative estimate of drug-likeness (QED) is 0.788. The summed E-state index contributed by atoms with van der Waals surface area (Å²) in [6, 6.07) is 13.3. The van der Waals surface area contributed by atoms with Gasteiger partial charge in [0.1, 0.15) is 11.9 Å². The third kappa shape index (κ3) is 3.48. The largest absolute Gasteiger partial charge is 0.309 e. The number of rotatable bonds is 5. The van der Waals surface area contributed by atoms with Crippen LogP contribution in [0.2, 0.25) is 0 Å². The van der Waals surface area contributed by atoms with E-state index in [2.05, 4.69) is 15.5 Å². The summed E-state index contributed by atoms with van der Waals surface area (Å²) in [5.41, 5.74) is 1.99. The molecule has 0 fully saturated rings. The lowest BCUT2D eigenvalue weighted by molar-refractivity contribution is -0.119. The van der Waals surface area contributed by atoms with Crippen molar-refractivity contribution < 1.29 is 4.79 Å². The second-order valence-electron chi connectivity index (χ2n) is 5.47. The summed E-state index contributed by atoms with van der Waals surface area (Å²) in [4.78, 5) is 12.4. The number of amides is 1. The molecule has 1 aromatic carbocycles. The number of carbonyl (C=O) groups is 1. The number of aromatic nitrogens is 4. The van der Waals surface area contributed by atoms with Crippen molar-refractivity contribution in [1.82, 2.24) is 19.6 Å². The molecule has 0 aliphatic carbocycles. The Balaban J connectivity index is 1.76. The van der Waals surface area contributed by atoms with Gasteiger partial charge in [-0.2, -0.15) is 10.2 Å². The highest BCUT2D eigenvalue weighted by molar-refractivity contribution is 5.92. The van der Waals surface area contributed by atoms with Gasteiger partial charge < -0.3 is 5.32 Å². The SMILES string of the molecule is Cc1cc(NC(=O)C(C)n2cccn2)n(Cc2ccccc2)n1. The van der Waals surface area contributed by atoms with E-state index in [-0.39, 0.29) is 11.9 Å². The summed E-state index contributed by atoms with van der Waals surface area (Å²) in [5, 5.41) is 11.5. The van der Waals surface area contributed by atoms with E-state index in [1.54, 1.807) is 27.8 Å². The van der Waals surface area contributed by atoms with Crippen LogP contribution in [0.3, 0.4) is 0 Å². The van der Waals surface area contributed by atoms with E-state index in [1.165, 1.54) is 0 Å². The van der Waals surface area contributed by atoms with Gasteiger partial charge in [0.25, 0.3) is 0 Å². The maximum atomic E-state index is 12.4. The molecule has 1 N–H and O–H groups in total. The number of benzene rings is 1. The predicted octanol–water partition coefficient (Wildman–Crippen LogP) is 2.64. The second-order valence-corrected chi connectivity index (χ2v) is 5.47. The zero-order valence-electron chi connectivity index (χ0n) is 13.2. The van der Waals surface area contributed by atoms with Gasteiger partial charge in [0.05, 0.1) is 12.2 Å². The van der Waals surface area contributed by atoms with Crippen molar-refractivity contribution in [2.24, 2.45) is 0 Å². The van der Waals surface area contributed by atoms with Gasteiger partial charge in [-0.25, -0.2) is 4.68 Å². The summed E-state index contributed by atoms with van der Waals surface area (Å²) >= 11 is 0. The molecule has 0 radical (unpaired) electrons. The average Bonchev–Trinajstić information content (AvgIpc) is 3.18. The van der Waals surface area contributed by atoms with Crippen LogP contribution in [0.1, 0.15) is 24.2 Å². The van der Waals surface area contributed by atoms with E-state index in [1.807, 2.05) is 50.2 Å². The number of aryl methyl sites for hydroxylation is 1. The zero-order chi connectivity index (χ0) is 16.2. The Bertz CT molecular complexity index is 777. The Hall–Kier alpha value is -2.89. The first kappa shape index (κ1) is 15.0. The lowest BCUT2D eigenvalue weighted by atomic mass is 10.2.